The van der Waals surface area contributed by atoms with Crippen molar-refractivity contribution in [1.82, 2.24) is 15.2 Å². The second-order valence-electron chi connectivity index (χ2n) is 5.18. The number of hydrogen-bond donors (Lipinski definition) is 1. The third kappa shape index (κ3) is 4.08. The topological polar surface area (TPSA) is 60.0 Å². The monoisotopic (exact) mass is 341 g/mol. The largest absolute Gasteiger partial charge is 0.493 e. The van der Waals surface area contributed by atoms with Crippen LogP contribution in [0.4, 0.5) is 0 Å². The highest BCUT2D eigenvalue weighted by Gasteiger charge is 2.07. The van der Waals surface area contributed by atoms with E-state index >= 15 is 0 Å². The van der Waals surface area contributed by atoms with Gasteiger partial charge in [0.1, 0.15) is 0 Å². The van der Waals surface area contributed by atoms with Crippen molar-refractivity contribution >= 4 is 11.8 Å². The van der Waals surface area contributed by atoms with Crippen LogP contribution in [0, 0.1) is 6.92 Å². The molecule has 0 fully saturated rings. The summed E-state index contributed by atoms with van der Waals surface area (Å²) in [5, 5.41) is 7.93. The summed E-state index contributed by atoms with van der Waals surface area (Å²) in [5.74, 6) is 3.02. The summed E-state index contributed by atoms with van der Waals surface area (Å²) in [6.07, 6.45) is 0. The normalized spacial score (nSPS) is 10.6. The highest BCUT2D eigenvalue weighted by atomic mass is 32.2. The van der Waals surface area contributed by atoms with Gasteiger partial charge in [-0.2, -0.15) is 0 Å². The quantitative estimate of drug-likeness (QED) is 0.521. The average Bonchev–Trinajstić information content (AvgIpc) is 3.08. The van der Waals surface area contributed by atoms with Gasteiger partial charge >= 0.3 is 0 Å². The smallest absolute Gasteiger partial charge is 0.208 e. The first kappa shape index (κ1) is 16.4. The Morgan fingerprint density at radius 2 is 1.79 bits per heavy atom. The van der Waals surface area contributed by atoms with Crippen molar-refractivity contribution < 1.29 is 9.47 Å². The van der Waals surface area contributed by atoms with Crippen molar-refractivity contribution in [3.8, 4) is 22.9 Å². The number of aryl methyl sites for hydroxylation is 1. The molecule has 0 unspecified atom stereocenters. The van der Waals surface area contributed by atoms with Crippen LogP contribution in [-0.2, 0) is 0 Å². The van der Waals surface area contributed by atoms with E-state index in [4.69, 9.17) is 9.47 Å². The summed E-state index contributed by atoms with van der Waals surface area (Å²) in [5.41, 5.74) is 2.26. The number of ether oxygens (including phenoxy) is 2. The first-order chi connectivity index (χ1) is 11.8. The Labute approximate surface area is 145 Å². The summed E-state index contributed by atoms with van der Waals surface area (Å²) in [6, 6.07) is 15.8. The zero-order chi connectivity index (χ0) is 16.8. The van der Waals surface area contributed by atoms with Crippen LogP contribution < -0.4 is 9.47 Å². The minimum Gasteiger partial charge on any atom is -0.493 e. The minimum atomic E-state index is 0.555. The van der Waals surface area contributed by atoms with Crippen LogP contribution in [0.25, 0.3) is 11.4 Å². The van der Waals surface area contributed by atoms with Crippen molar-refractivity contribution in [2.75, 3.05) is 19.5 Å². The molecule has 1 N–H and O–H groups in total. The Morgan fingerprint density at radius 3 is 2.54 bits per heavy atom. The molecule has 0 aliphatic heterocycles. The number of thioether (sulfide) groups is 1. The molecule has 0 spiro atoms. The molecule has 0 aliphatic rings. The highest BCUT2D eigenvalue weighted by Crippen LogP contribution is 2.26. The zero-order valence-corrected chi connectivity index (χ0v) is 14.5. The van der Waals surface area contributed by atoms with Gasteiger partial charge in [0, 0.05) is 11.3 Å². The lowest BCUT2D eigenvalue weighted by Crippen LogP contribution is -2.01. The van der Waals surface area contributed by atoms with Gasteiger partial charge in [-0.25, -0.2) is 4.98 Å². The van der Waals surface area contributed by atoms with E-state index in [0.717, 1.165) is 28.6 Å². The molecule has 0 radical (unpaired) electrons. The molecule has 0 amide bonds. The van der Waals surface area contributed by atoms with Crippen molar-refractivity contribution in [3.05, 3.63) is 54.1 Å². The summed E-state index contributed by atoms with van der Waals surface area (Å²) < 4.78 is 11.0. The summed E-state index contributed by atoms with van der Waals surface area (Å²) in [4.78, 5) is 4.50. The van der Waals surface area contributed by atoms with E-state index in [-0.39, 0.29) is 0 Å². The number of nitrogens with one attached hydrogen (secondary N) is 1. The number of rotatable bonds is 7. The fraction of sp³-hybridized carbons (Fsp3) is 0.222. The number of aromatic nitrogens is 3. The zero-order valence-electron chi connectivity index (χ0n) is 13.7. The number of aromatic amines is 1. The van der Waals surface area contributed by atoms with Gasteiger partial charge in [0.25, 0.3) is 0 Å². The van der Waals surface area contributed by atoms with Crippen molar-refractivity contribution in [2.24, 2.45) is 0 Å². The molecule has 0 atom stereocenters. The fourth-order valence-corrected chi connectivity index (χ4v) is 2.79. The number of H-pyrrole nitrogens is 1. The summed E-state index contributed by atoms with van der Waals surface area (Å²) in [7, 11) is 1.64. The number of nitrogens with zero attached hydrogens (tertiary/aromatic N) is 2. The van der Waals surface area contributed by atoms with Crippen molar-refractivity contribution in [3.63, 3.8) is 0 Å². The molecular formula is C18H19N3O2S. The maximum atomic E-state index is 5.74. The third-order valence-electron chi connectivity index (χ3n) is 3.43. The molecule has 6 heteroatoms. The molecule has 124 valence electrons. The van der Waals surface area contributed by atoms with Gasteiger partial charge in [0.05, 0.1) is 13.7 Å². The molecule has 0 bridgehead atoms. The van der Waals surface area contributed by atoms with Crippen LogP contribution in [0.5, 0.6) is 11.5 Å². The van der Waals surface area contributed by atoms with Crippen LogP contribution in [0.15, 0.2) is 53.7 Å². The van der Waals surface area contributed by atoms with E-state index in [0.29, 0.717) is 11.8 Å². The number of hydrogen-bond acceptors (Lipinski definition) is 5. The van der Waals surface area contributed by atoms with Crippen LogP contribution >= 0.6 is 11.8 Å². The minimum absolute atomic E-state index is 0.555. The lowest BCUT2D eigenvalue weighted by atomic mass is 10.1. The third-order valence-corrected chi connectivity index (χ3v) is 4.24. The molecule has 3 aromatic rings. The van der Waals surface area contributed by atoms with Gasteiger partial charge in [0.2, 0.25) is 5.16 Å². The Morgan fingerprint density at radius 1 is 1.04 bits per heavy atom. The second kappa shape index (κ2) is 7.88. The molecule has 2 aromatic carbocycles. The van der Waals surface area contributed by atoms with E-state index < -0.39 is 0 Å². The highest BCUT2D eigenvalue weighted by molar-refractivity contribution is 7.99. The van der Waals surface area contributed by atoms with Gasteiger partial charge in [-0.1, -0.05) is 53.7 Å². The maximum Gasteiger partial charge on any atom is 0.208 e. The second-order valence-corrected chi connectivity index (χ2v) is 6.24. The molecular weight excluding hydrogens is 322 g/mol. The van der Waals surface area contributed by atoms with Crippen LogP contribution in [0.3, 0.4) is 0 Å². The number of methoxy groups -OCH3 is 1. The number of benzene rings is 2. The number of para-hydroxylation sites is 2. The van der Waals surface area contributed by atoms with Crippen molar-refractivity contribution in [2.45, 2.75) is 12.1 Å². The van der Waals surface area contributed by atoms with E-state index in [1.807, 2.05) is 36.4 Å². The molecule has 5 nitrogen and oxygen atoms in total. The lowest BCUT2D eigenvalue weighted by molar-refractivity contribution is 0.313. The average molecular weight is 341 g/mol. The Kier molecular flexibility index (Phi) is 5.38. The molecule has 0 aliphatic carbocycles. The molecule has 3 rings (SSSR count). The van der Waals surface area contributed by atoms with Gasteiger partial charge in [-0.3, -0.25) is 5.10 Å². The predicted octanol–water partition coefficient (Wildman–Crippen LogP) is 3.96. The van der Waals surface area contributed by atoms with E-state index in [9.17, 15) is 0 Å². The van der Waals surface area contributed by atoms with Crippen LogP contribution in [0.2, 0.25) is 0 Å². The van der Waals surface area contributed by atoms with E-state index in [1.165, 1.54) is 5.56 Å². The molecule has 1 aromatic heterocycles. The first-order valence-electron chi connectivity index (χ1n) is 7.64. The first-order valence-corrected chi connectivity index (χ1v) is 8.63. The van der Waals surface area contributed by atoms with Gasteiger partial charge in [0.15, 0.2) is 17.3 Å². The molecule has 1 heterocycles. The standard InChI is InChI=1S/C18H19N3O2S/c1-13-7-9-14(10-8-13)17-19-18(21-20-17)24-12-11-23-16-6-4-3-5-15(16)22-2/h3-10H,11-12H2,1-2H3,(H,19,20,21). The maximum absolute atomic E-state index is 5.74. The van der Waals surface area contributed by atoms with Gasteiger partial charge in [-0.15, -0.1) is 5.10 Å². The van der Waals surface area contributed by atoms with E-state index in [1.54, 1.807) is 18.9 Å². The van der Waals surface area contributed by atoms with Crippen LogP contribution in [-0.4, -0.2) is 34.7 Å². The molecule has 0 saturated heterocycles. The predicted molar refractivity (Wildman–Crippen MR) is 95.8 cm³/mol. The summed E-state index contributed by atoms with van der Waals surface area (Å²) in [6.45, 7) is 2.62. The lowest BCUT2D eigenvalue weighted by Gasteiger charge is -2.09. The van der Waals surface area contributed by atoms with E-state index in [2.05, 4.69) is 34.2 Å². The SMILES string of the molecule is COc1ccccc1OCCSc1n[nH]c(-c2ccc(C)cc2)n1. The van der Waals surface area contributed by atoms with Crippen LogP contribution in [0.1, 0.15) is 5.56 Å². The van der Waals surface area contributed by atoms with Gasteiger partial charge in [-0.05, 0) is 19.1 Å². The Hall–Kier alpha value is -2.47. The Balaban J connectivity index is 1.52. The Bertz CT molecular complexity index is 787. The molecule has 24 heavy (non-hydrogen) atoms. The molecule has 0 saturated carbocycles. The fourth-order valence-electron chi connectivity index (χ4n) is 2.17. The summed E-state index contributed by atoms with van der Waals surface area (Å²) >= 11 is 1.55. The van der Waals surface area contributed by atoms with Crippen molar-refractivity contribution in [1.29, 1.82) is 0 Å². The van der Waals surface area contributed by atoms with Gasteiger partial charge < -0.3 is 9.47 Å².